The smallest absolute Gasteiger partial charge is 0.360 e. The number of oxime groups is 1. The molecule has 1 aliphatic heterocycles. The Bertz CT molecular complexity index is 1310. The number of rotatable bonds is 9. The summed E-state index contributed by atoms with van der Waals surface area (Å²) in [6, 6.07) is 30.2. The fourth-order valence-corrected chi connectivity index (χ4v) is 5.15. The van der Waals surface area contributed by atoms with Gasteiger partial charge >= 0.3 is 5.97 Å². The van der Waals surface area contributed by atoms with Crippen molar-refractivity contribution in [3.63, 3.8) is 0 Å². The fourth-order valence-electron chi connectivity index (χ4n) is 4.39. The van der Waals surface area contributed by atoms with Crippen LogP contribution in [0.15, 0.2) is 102 Å². The number of nitrogens with one attached hydrogen (secondary N) is 3. The Morgan fingerprint density at radius 3 is 2.00 bits per heavy atom. The van der Waals surface area contributed by atoms with Gasteiger partial charge in [-0.05, 0) is 16.7 Å². The summed E-state index contributed by atoms with van der Waals surface area (Å²) >= 11 is 1.29. The van der Waals surface area contributed by atoms with Crippen molar-refractivity contribution in [1.82, 2.24) is 10.3 Å². The minimum absolute atomic E-state index is 0.181. The number of hydrogen-bond donors (Lipinski definition) is 4. The molecule has 4 aromatic rings. The number of hydrogen-bond acceptors (Lipinski definition) is 7. The van der Waals surface area contributed by atoms with Crippen LogP contribution in [0.3, 0.4) is 0 Å². The number of carboxylic acid groups (broad SMARTS) is 1. The van der Waals surface area contributed by atoms with Gasteiger partial charge in [0.15, 0.2) is 11.2 Å². The molecule has 1 unspecified atom stereocenters. The Morgan fingerprint density at radius 1 is 1.00 bits per heavy atom. The van der Waals surface area contributed by atoms with Crippen LogP contribution in [0.2, 0.25) is 0 Å². The summed E-state index contributed by atoms with van der Waals surface area (Å²) < 4.78 is 0. The van der Waals surface area contributed by atoms with E-state index in [1.165, 1.54) is 11.3 Å². The van der Waals surface area contributed by atoms with E-state index < -0.39 is 17.6 Å². The van der Waals surface area contributed by atoms with Crippen molar-refractivity contribution < 1.29 is 14.7 Å². The zero-order chi connectivity index (χ0) is 25.7. The predicted octanol–water partition coefficient (Wildman–Crippen LogP) is 4.69. The van der Waals surface area contributed by atoms with Crippen LogP contribution in [0.4, 0.5) is 5.13 Å². The first kappa shape index (κ1) is 24.2. The SMILES string of the molecule is N=C1NCCC1O/N=C(/C(=O)O)c1csc(NC(c2ccccc2)(c2ccccc2)c2ccccc2)n1. The summed E-state index contributed by atoms with van der Waals surface area (Å²) in [6.07, 6.45) is -0.0418. The lowest BCUT2D eigenvalue weighted by Crippen LogP contribution is -2.38. The molecule has 1 saturated heterocycles. The third kappa shape index (κ3) is 4.94. The Labute approximate surface area is 218 Å². The van der Waals surface area contributed by atoms with Crippen molar-refractivity contribution >= 4 is 34.0 Å². The normalized spacial score (nSPS) is 15.7. The van der Waals surface area contributed by atoms with Crippen LogP contribution in [0, 0.1) is 5.41 Å². The molecule has 1 atom stereocenters. The van der Waals surface area contributed by atoms with Crippen molar-refractivity contribution in [2.45, 2.75) is 18.1 Å². The molecule has 186 valence electrons. The maximum atomic E-state index is 12.0. The van der Waals surface area contributed by atoms with E-state index in [-0.39, 0.29) is 17.2 Å². The van der Waals surface area contributed by atoms with Crippen LogP contribution in [0.1, 0.15) is 28.8 Å². The summed E-state index contributed by atoms with van der Waals surface area (Å²) in [6.45, 7) is 0.590. The second-order valence-corrected chi connectivity index (χ2v) is 9.34. The number of amidine groups is 1. The molecule has 0 radical (unpaired) electrons. The zero-order valence-electron chi connectivity index (χ0n) is 19.8. The van der Waals surface area contributed by atoms with Gasteiger partial charge in [-0.2, -0.15) is 0 Å². The summed E-state index contributed by atoms with van der Waals surface area (Å²) in [5, 5.41) is 30.2. The molecule has 37 heavy (non-hydrogen) atoms. The number of aromatic nitrogens is 1. The predicted molar refractivity (Wildman–Crippen MR) is 144 cm³/mol. The average Bonchev–Trinajstić information content (AvgIpc) is 3.57. The second kappa shape index (κ2) is 10.6. The highest BCUT2D eigenvalue weighted by atomic mass is 32.1. The molecule has 5 rings (SSSR count). The van der Waals surface area contributed by atoms with E-state index in [2.05, 4.69) is 57.2 Å². The van der Waals surface area contributed by atoms with E-state index in [4.69, 9.17) is 10.2 Å². The molecule has 0 saturated carbocycles. The number of benzene rings is 3. The summed E-state index contributed by atoms with van der Waals surface area (Å²) in [4.78, 5) is 22.0. The number of carbonyl (C=O) groups is 1. The molecule has 4 N–H and O–H groups in total. The highest BCUT2D eigenvalue weighted by Gasteiger charge is 2.37. The van der Waals surface area contributed by atoms with Crippen molar-refractivity contribution in [2.24, 2.45) is 5.16 Å². The van der Waals surface area contributed by atoms with Crippen molar-refractivity contribution in [3.05, 3.63) is 119 Å². The van der Waals surface area contributed by atoms with Gasteiger partial charge in [0, 0.05) is 18.3 Å². The quantitative estimate of drug-likeness (QED) is 0.147. The molecule has 1 fully saturated rings. The zero-order valence-corrected chi connectivity index (χ0v) is 20.6. The molecule has 0 bridgehead atoms. The Kier molecular flexibility index (Phi) is 6.96. The largest absolute Gasteiger partial charge is 0.476 e. The van der Waals surface area contributed by atoms with Crippen LogP contribution in [-0.4, -0.2) is 40.3 Å². The summed E-state index contributed by atoms with van der Waals surface area (Å²) in [5.41, 5.74) is 2.10. The molecule has 3 aromatic carbocycles. The van der Waals surface area contributed by atoms with Gasteiger partial charge in [-0.15, -0.1) is 11.3 Å². The lowest BCUT2D eigenvalue weighted by molar-refractivity contribution is -0.129. The van der Waals surface area contributed by atoms with E-state index in [1.54, 1.807) is 5.38 Å². The number of anilines is 1. The molecule has 1 aromatic heterocycles. The first-order valence-electron chi connectivity index (χ1n) is 11.8. The minimum atomic E-state index is -1.25. The van der Waals surface area contributed by atoms with E-state index in [1.807, 2.05) is 54.6 Å². The van der Waals surface area contributed by atoms with Gasteiger partial charge in [-0.1, -0.05) is 96.2 Å². The van der Waals surface area contributed by atoms with Gasteiger partial charge in [-0.3, -0.25) is 5.41 Å². The average molecular weight is 512 g/mol. The molecule has 0 spiro atoms. The van der Waals surface area contributed by atoms with Gasteiger partial charge in [0.2, 0.25) is 5.71 Å². The van der Waals surface area contributed by atoms with Crippen molar-refractivity contribution in [1.29, 1.82) is 5.41 Å². The first-order valence-corrected chi connectivity index (χ1v) is 12.7. The van der Waals surface area contributed by atoms with E-state index in [0.717, 1.165) is 16.7 Å². The fraction of sp³-hybridized carbons (Fsp3) is 0.143. The molecule has 0 aliphatic carbocycles. The lowest BCUT2D eigenvalue weighted by Gasteiger charge is -2.36. The van der Waals surface area contributed by atoms with Crippen molar-refractivity contribution in [3.8, 4) is 0 Å². The van der Waals surface area contributed by atoms with Crippen LogP contribution in [0.25, 0.3) is 0 Å². The highest BCUT2D eigenvalue weighted by molar-refractivity contribution is 7.14. The number of aliphatic carboxylic acids is 1. The van der Waals surface area contributed by atoms with Gasteiger partial charge in [0.25, 0.3) is 0 Å². The van der Waals surface area contributed by atoms with E-state index in [0.29, 0.717) is 18.1 Å². The number of nitrogens with zero attached hydrogens (tertiary/aromatic N) is 2. The monoisotopic (exact) mass is 511 g/mol. The number of thiazole rings is 1. The second-order valence-electron chi connectivity index (χ2n) is 8.48. The number of carboxylic acids is 1. The summed E-state index contributed by atoms with van der Waals surface area (Å²) in [7, 11) is 0. The Morgan fingerprint density at radius 2 is 1.54 bits per heavy atom. The van der Waals surface area contributed by atoms with Crippen LogP contribution < -0.4 is 10.6 Å². The van der Waals surface area contributed by atoms with E-state index in [9.17, 15) is 9.90 Å². The maximum absolute atomic E-state index is 12.0. The molecule has 1 aliphatic rings. The van der Waals surface area contributed by atoms with Crippen LogP contribution in [-0.2, 0) is 15.2 Å². The van der Waals surface area contributed by atoms with E-state index >= 15 is 0 Å². The molecule has 0 amide bonds. The highest BCUT2D eigenvalue weighted by Crippen LogP contribution is 2.40. The van der Waals surface area contributed by atoms with Crippen molar-refractivity contribution in [2.75, 3.05) is 11.9 Å². The molecule has 2 heterocycles. The van der Waals surface area contributed by atoms with Crippen LogP contribution in [0.5, 0.6) is 0 Å². The molecule has 9 heteroatoms. The molecular weight excluding hydrogens is 486 g/mol. The van der Waals surface area contributed by atoms with Gasteiger partial charge in [-0.25, -0.2) is 9.78 Å². The van der Waals surface area contributed by atoms with Gasteiger partial charge in [0.05, 0.1) is 0 Å². The Balaban J connectivity index is 1.57. The van der Waals surface area contributed by atoms with Gasteiger partial charge < -0.3 is 20.6 Å². The minimum Gasteiger partial charge on any atom is -0.476 e. The lowest BCUT2D eigenvalue weighted by atomic mass is 9.77. The maximum Gasteiger partial charge on any atom is 0.360 e. The Hall–Kier alpha value is -4.50. The topological polar surface area (TPSA) is 120 Å². The first-order chi connectivity index (χ1) is 18.1. The standard InChI is InChI=1S/C28H25N5O3S/c29-25-23(16-17-30-25)36-33-24(26(34)35)22-18-37-27(31-22)32-28(19-10-4-1-5-11-19,20-12-6-2-7-13-20)21-14-8-3-9-15-21/h1-15,18,23H,16-17H2,(H2,29,30)(H,31,32)(H,34,35)/b33-24+. The van der Waals surface area contributed by atoms with Gasteiger partial charge in [0.1, 0.15) is 17.1 Å². The summed E-state index contributed by atoms with van der Waals surface area (Å²) in [5.74, 6) is -1.07. The molecular formula is C28H25N5O3S. The third-order valence-corrected chi connectivity index (χ3v) is 6.94. The van der Waals surface area contributed by atoms with Crippen LogP contribution >= 0.6 is 11.3 Å². The molecule has 8 nitrogen and oxygen atoms in total. The third-order valence-electron chi connectivity index (χ3n) is 6.18.